The van der Waals surface area contributed by atoms with Crippen LogP contribution in [0.15, 0.2) is 30.3 Å². The molecule has 1 aromatic heterocycles. The van der Waals surface area contributed by atoms with Crippen molar-refractivity contribution in [3.05, 3.63) is 46.9 Å². The van der Waals surface area contributed by atoms with E-state index in [1.165, 1.54) is 12.1 Å². The van der Waals surface area contributed by atoms with E-state index in [9.17, 15) is 14.3 Å². The van der Waals surface area contributed by atoms with Gasteiger partial charge in [0.05, 0.1) is 5.02 Å². The highest BCUT2D eigenvalue weighted by Gasteiger charge is 2.30. The molecule has 0 radical (unpaired) electrons. The number of benzene rings is 1. The predicted molar refractivity (Wildman–Crippen MR) is 70.1 cm³/mol. The molecule has 19 heavy (non-hydrogen) atoms. The second-order valence-electron chi connectivity index (χ2n) is 4.64. The van der Waals surface area contributed by atoms with Crippen molar-refractivity contribution in [3.63, 3.8) is 0 Å². The van der Waals surface area contributed by atoms with E-state index in [2.05, 4.69) is 0 Å². The summed E-state index contributed by atoms with van der Waals surface area (Å²) < 4.78 is 15.3. The Balaban J connectivity index is 2.14. The Kier molecular flexibility index (Phi) is 2.82. The number of aromatic nitrogens is 1. The third-order valence-corrected chi connectivity index (χ3v) is 3.57. The summed E-state index contributed by atoms with van der Waals surface area (Å²) in [6.07, 6.45) is 1.91. The average Bonchev–Trinajstić information content (AvgIpc) is 3.11. The summed E-state index contributed by atoms with van der Waals surface area (Å²) in [6.45, 7) is 0. The second kappa shape index (κ2) is 4.38. The zero-order valence-electron chi connectivity index (χ0n) is 9.94. The zero-order chi connectivity index (χ0) is 13.6. The van der Waals surface area contributed by atoms with Gasteiger partial charge in [-0.3, -0.25) is 0 Å². The maximum absolute atomic E-state index is 13.5. The lowest BCUT2D eigenvalue weighted by Crippen LogP contribution is -2.08. The first-order valence-corrected chi connectivity index (χ1v) is 6.35. The van der Waals surface area contributed by atoms with Crippen molar-refractivity contribution in [3.8, 4) is 11.3 Å². The number of aromatic carboxylic acids is 1. The predicted octanol–water partition coefficient (Wildman–Crippen LogP) is 3.98. The molecular weight excluding hydrogens is 269 g/mol. The molecule has 1 aliphatic carbocycles. The zero-order valence-corrected chi connectivity index (χ0v) is 10.7. The molecule has 0 bridgehead atoms. The van der Waals surface area contributed by atoms with Crippen LogP contribution in [0.1, 0.15) is 29.4 Å². The van der Waals surface area contributed by atoms with E-state index in [1.807, 2.05) is 0 Å². The molecule has 2 aromatic rings. The van der Waals surface area contributed by atoms with E-state index < -0.39 is 11.8 Å². The number of halogens is 2. The maximum Gasteiger partial charge on any atom is 0.352 e. The highest BCUT2D eigenvalue weighted by atomic mass is 35.5. The fourth-order valence-electron chi connectivity index (χ4n) is 2.24. The fourth-order valence-corrected chi connectivity index (χ4v) is 2.36. The van der Waals surface area contributed by atoms with Gasteiger partial charge in [0.25, 0.3) is 0 Å². The van der Waals surface area contributed by atoms with Gasteiger partial charge in [-0.25, -0.2) is 9.18 Å². The largest absolute Gasteiger partial charge is 0.477 e. The molecule has 3 nitrogen and oxygen atoms in total. The second-order valence-corrected chi connectivity index (χ2v) is 5.05. The van der Waals surface area contributed by atoms with Gasteiger partial charge < -0.3 is 9.67 Å². The van der Waals surface area contributed by atoms with Gasteiger partial charge in [0.2, 0.25) is 0 Å². The highest BCUT2D eigenvalue weighted by molar-refractivity contribution is 6.30. The summed E-state index contributed by atoms with van der Waals surface area (Å²) in [5.74, 6) is -1.47. The van der Waals surface area contributed by atoms with Crippen molar-refractivity contribution in [2.24, 2.45) is 0 Å². The molecule has 5 heteroatoms. The number of carboxylic acids is 1. The summed E-state index contributed by atoms with van der Waals surface area (Å²) in [5, 5.41) is 9.25. The molecule has 0 unspecified atom stereocenters. The first-order valence-electron chi connectivity index (χ1n) is 5.98. The molecule has 98 valence electrons. The monoisotopic (exact) mass is 279 g/mol. The molecule has 0 spiro atoms. The van der Waals surface area contributed by atoms with Gasteiger partial charge in [-0.15, -0.1) is 0 Å². The molecule has 1 saturated carbocycles. The van der Waals surface area contributed by atoms with Crippen LogP contribution >= 0.6 is 11.6 Å². The molecule has 3 rings (SSSR count). The lowest BCUT2D eigenvalue weighted by atomic mass is 10.1. The highest BCUT2D eigenvalue weighted by Crippen LogP contribution is 2.40. The SMILES string of the molecule is O=C(O)c1ccc(-c2ccc(Cl)c(F)c2)n1C1CC1. The summed E-state index contributed by atoms with van der Waals surface area (Å²) in [4.78, 5) is 11.2. The van der Waals surface area contributed by atoms with E-state index in [0.29, 0.717) is 5.56 Å². The summed E-state index contributed by atoms with van der Waals surface area (Å²) >= 11 is 5.66. The van der Waals surface area contributed by atoms with Crippen LogP contribution in [0.2, 0.25) is 5.02 Å². The Hall–Kier alpha value is -1.81. The molecule has 0 saturated heterocycles. The molecular formula is C14H11ClFNO2. The molecule has 1 heterocycles. The van der Waals surface area contributed by atoms with Crippen molar-refractivity contribution in [2.75, 3.05) is 0 Å². The third-order valence-electron chi connectivity index (χ3n) is 3.26. The van der Waals surface area contributed by atoms with Crippen LogP contribution in [-0.2, 0) is 0 Å². The van der Waals surface area contributed by atoms with Gasteiger partial charge in [0.15, 0.2) is 0 Å². The Labute approximate surface area is 114 Å². The Morgan fingerprint density at radius 2 is 2.05 bits per heavy atom. The Morgan fingerprint density at radius 1 is 1.32 bits per heavy atom. The van der Waals surface area contributed by atoms with Crippen molar-refractivity contribution >= 4 is 17.6 Å². The van der Waals surface area contributed by atoms with Crippen LogP contribution in [0.25, 0.3) is 11.3 Å². The minimum atomic E-state index is -0.965. The number of rotatable bonds is 3. The van der Waals surface area contributed by atoms with Crippen LogP contribution in [0.4, 0.5) is 4.39 Å². The van der Waals surface area contributed by atoms with E-state index >= 15 is 0 Å². The Bertz CT molecular complexity index is 661. The minimum Gasteiger partial charge on any atom is -0.477 e. The molecule has 1 N–H and O–H groups in total. The van der Waals surface area contributed by atoms with Gasteiger partial charge in [-0.05, 0) is 37.1 Å². The lowest BCUT2D eigenvalue weighted by Gasteiger charge is -2.11. The smallest absolute Gasteiger partial charge is 0.352 e. The van der Waals surface area contributed by atoms with Gasteiger partial charge >= 0.3 is 5.97 Å². The van der Waals surface area contributed by atoms with E-state index in [1.54, 1.807) is 22.8 Å². The Morgan fingerprint density at radius 3 is 2.63 bits per heavy atom. The maximum atomic E-state index is 13.5. The van der Waals surface area contributed by atoms with Crippen LogP contribution < -0.4 is 0 Å². The van der Waals surface area contributed by atoms with Gasteiger partial charge in [0.1, 0.15) is 11.5 Å². The van der Waals surface area contributed by atoms with Crippen molar-refractivity contribution < 1.29 is 14.3 Å². The number of hydrogen-bond acceptors (Lipinski definition) is 1. The van der Waals surface area contributed by atoms with Gasteiger partial charge in [0, 0.05) is 17.3 Å². The first-order chi connectivity index (χ1) is 9.08. The van der Waals surface area contributed by atoms with Crippen molar-refractivity contribution in [2.45, 2.75) is 18.9 Å². The van der Waals surface area contributed by atoms with E-state index in [0.717, 1.165) is 18.5 Å². The number of nitrogens with zero attached hydrogens (tertiary/aromatic N) is 1. The fraction of sp³-hybridized carbons (Fsp3) is 0.214. The summed E-state index contributed by atoms with van der Waals surface area (Å²) in [7, 11) is 0. The number of hydrogen-bond donors (Lipinski definition) is 1. The quantitative estimate of drug-likeness (QED) is 0.923. The molecule has 1 aliphatic rings. The average molecular weight is 280 g/mol. The molecule has 0 atom stereocenters. The van der Waals surface area contributed by atoms with Gasteiger partial charge in [-0.1, -0.05) is 17.7 Å². The number of carboxylic acid groups (broad SMARTS) is 1. The van der Waals surface area contributed by atoms with Crippen LogP contribution in [0.3, 0.4) is 0 Å². The molecule has 1 aromatic carbocycles. The standard InChI is InChI=1S/C14H11ClFNO2/c15-10-4-1-8(7-11(10)16)12-5-6-13(14(18)19)17(12)9-2-3-9/h1,4-7,9H,2-3H2,(H,18,19). The summed E-state index contributed by atoms with van der Waals surface area (Å²) in [6, 6.07) is 7.99. The topological polar surface area (TPSA) is 42.2 Å². The van der Waals surface area contributed by atoms with E-state index in [4.69, 9.17) is 11.6 Å². The van der Waals surface area contributed by atoms with Crippen LogP contribution in [0, 0.1) is 5.82 Å². The normalized spacial score (nSPS) is 14.6. The van der Waals surface area contributed by atoms with E-state index in [-0.39, 0.29) is 16.8 Å². The minimum absolute atomic E-state index is 0.0618. The molecule has 1 fully saturated rings. The molecule has 0 amide bonds. The summed E-state index contributed by atoms with van der Waals surface area (Å²) in [5.41, 5.74) is 1.60. The van der Waals surface area contributed by atoms with Crippen LogP contribution in [-0.4, -0.2) is 15.6 Å². The van der Waals surface area contributed by atoms with Gasteiger partial charge in [-0.2, -0.15) is 0 Å². The third kappa shape index (κ3) is 2.12. The number of carbonyl (C=O) groups is 1. The van der Waals surface area contributed by atoms with Crippen LogP contribution in [0.5, 0.6) is 0 Å². The van der Waals surface area contributed by atoms with Crippen molar-refractivity contribution in [1.29, 1.82) is 0 Å². The first kappa shape index (κ1) is 12.2. The lowest BCUT2D eigenvalue weighted by molar-refractivity contribution is 0.0685. The molecule has 0 aliphatic heterocycles. The van der Waals surface area contributed by atoms with Crippen molar-refractivity contribution in [1.82, 2.24) is 4.57 Å².